The van der Waals surface area contributed by atoms with Gasteiger partial charge in [0.2, 0.25) is 0 Å². The summed E-state index contributed by atoms with van der Waals surface area (Å²) < 4.78 is 11.7. The maximum atomic E-state index is 14.1. The van der Waals surface area contributed by atoms with Gasteiger partial charge < -0.3 is 24.7 Å². The summed E-state index contributed by atoms with van der Waals surface area (Å²) in [6, 6.07) is 15.9. The molecule has 0 unspecified atom stereocenters. The van der Waals surface area contributed by atoms with Crippen LogP contribution in [0, 0.1) is 0 Å². The summed E-state index contributed by atoms with van der Waals surface area (Å²) in [6.45, 7) is 6.61. The van der Waals surface area contributed by atoms with E-state index in [-0.39, 0.29) is 23.8 Å². The minimum Gasteiger partial charge on any atom is -0.496 e. The lowest BCUT2D eigenvalue weighted by atomic mass is 9.71. The average molecular weight is 538 g/mol. The van der Waals surface area contributed by atoms with Crippen molar-refractivity contribution in [2.75, 3.05) is 20.7 Å². The number of nitrogens with one attached hydrogen (secondary N) is 2. The number of ether oxygens (including phenoxy) is 2. The molecule has 7 nitrogen and oxygen atoms in total. The summed E-state index contributed by atoms with van der Waals surface area (Å²) in [5.74, 6) is -0.102. The molecule has 3 atom stereocenters. The molecule has 6 rings (SSSR count). The molecule has 2 N–H and O–H groups in total. The highest BCUT2D eigenvalue weighted by Gasteiger charge is 2.43. The highest BCUT2D eigenvalue weighted by Crippen LogP contribution is 2.48. The molecule has 40 heavy (non-hydrogen) atoms. The number of fused-ring (bicyclic) bond motifs is 1. The first-order valence-corrected chi connectivity index (χ1v) is 13.9. The first-order valence-electron chi connectivity index (χ1n) is 13.9. The van der Waals surface area contributed by atoms with Gasteiger partial charge in [-0.2, -0.15) is 0 Å². The van der Waals surface area contributed by atoms with Crippen LogP contribution in [-0.2, 0) is 14.3 Å². The van der Waals surface area contributed by atoms with Gasteiger partial charge in [-0.3, -0.25) is 4.79 Å². The Morgan fingerprint density at radius 3 is 2.67 bits per heavy atom. The normalized spacial score (nSPS) is 23.3. The molecule has 3 aromatic rings. The number of allylic oxidation sites excluding steroid dienone is 4. The number of hydrogen-bond acceptors (Lipinski definition) is 6. The Hall–Kier alpha value is -4.26. The number of rotatable bonds is 5. The molecule has 0 radical (unpaired) electrons. The number of carbonyl (C=O) groups is 2. The van der Waals surface area contributed by atoms with Crippen LogP contribution in [0.25, 0.3) is 10.9 Å². The second kappa shape index (κ2) is 10.4. The van der Waals surface area contributed by atoms with Crippen LogP contribution < -0.4 is 10.1 Å². The summed E-state index contributed by atoms with van der Waals surface area (Å²) in [5.41, 5.74) is 6.71. The fourth-order valence-corrected chi connectivity index (χ4v) is 6.56. The van der Waals surface area contributed by atoms with Crippen molar-refractivity contribution in [3.63, 3.8) is 0 Å². The van der Waals surface area contributed by atoms with E-state index in [4.69, 9.17) is 9.47 Å². The molecule has 3 heterocycles. The van der Waals surface area contributed by atoms with E-state index in [0.29, 0.717) is 30.5 Å². The van der Waals surface area contributed by atoms with E-state index in [1.807, 2.05) is 73.6 Å². The fraction of sp³-hybridized carbons (Fsp3) is 0.333. The lowest BCUT2D eigenvalue weighted by Gasteiger charge is -2.38. The zero-order chi connectivity index (χ0) is 28.0. The van der Waals surface area contributed by atoms with Crippen LogP contribution in [0.2, 0.25) is 0 Å². The fourth-order valence-electron chi connectivity index (χ4n) is 6.56. The second-order valence-electron chi connectivity index (χ2n) is 11.1. The molecule has 1 aliphatic carbocycles. The van der Waals surface area contributed by atoms with E-state index in [1.165, 1.54) is 0 Å². The minimum atomic E-state index is -0.523. The molecule has 0 saturated carbocycles. The summed E-state index contributed by atoms with van der Waals surface area (Å²) in [5, 5.41) is 4.47. The van der Waals surface area contributed by atoms with Crippen LogP contribution in [0.4, 0.5) is 0 Å². The van der Waals surface area contributed by atoms with Gasteiger partial charge in [0.1, 0.15) is 11.9 Å². The number of piperidine rings is 1. The highest BCUT2D eigenvalue weighted by atomic mass is 16.5. The van der Waals surface area contributed by atoms with Crippen molar-refractivity contribution >= 4 is 22.7 Å². The number of likely N-dealkylation sites (N-methyl/N-ethyl adjacent to an activating group) is 1. The van der Waals surface area contributed by atoms with E-state index in [1.54, 1.807) is 7.11 Å². The van der Waals surface area contributed by atoms with Crippen molar-refractivity contribution in [1.29, 1.82) is 0 Å². The van der Waals surface area contributed by atoms with Gasteiger partial charge in [0.15, 0.2) is 5.78 Å². The molecule has 1 fully saturated rings. The third kappa shape index (κ3) is 4.49. The Morgan fingerprint density at radius 2 is 1.88 bits per heavy atom. The number of aromatic nitrogens is 1. The Morgan fingerprint density at radius 1 is 1.07 bits per heavy atom. The number of Topliss-reactive ketones (excluding diaryl/α,β-unsaturated/α-hetero) is 1. The van der Waals surface area contributed by atoms with Gasteiger partial charge in [0, 0.05) is 65.1 Å². The molecule has 3 aliphatic rings. The molecule has 206 valence electrons. The number of ketones is 1. The van der Waals surface area contributed by atoms with Crippen LogP contribution in [0.1, 0.15) is 55.6 Å². The predicted molar refractivity (Wildman–Crippen MR) is 155 cm³/mol. The van der Waals surface area contributed by atoms with Gasteiger partial charge in [-0.15, -0.1) is 0 Å². The summed E-state index contributed by atoms with van der Waals surface area (Å²) in [6.07, 6.45) is 4.17. The number of dihydropyridines is 1. The molecule has 2 aromatic carbocycles. The summed E-state index contributed by atoms with van der Waals surface area (Å²) >= 11 is 0. The maximum absolute atomic E-state index is 14.1. The number of benzene rings is 2. The first-order chi connectivity index (χ1) is 19.4. The van der Waals surface area contributed by atoms with Crippen molar-refractivity contribution in [2.45, 2.75) is 50.5 Å². The first kappa shape index (κ1) is 26.0. The van der Waals surface area contributed by atoms with Crippen molar-refractivity contribution in [3.8, 4) is 5.75 Å². The number of esters is 1. The Balaban J connectivity index is 1.42. The van der Waals surface area contributed by atoms with Crippen LogP contribution in [-0.4, -0.2) is 48.4 Å². The summed E-state index contributed by atoms with van der Waals surface area (Å²) in [4.78, 5) is 33.4. The third-order valence-corrected chi connectivity index (χ3v) is 8.61. The average Bonchev–Trinajstić information content (AvgIpc) is 3.43. The van der Waals surface area contributed by atoms with Crippen LogP contribution in [0.3, 0.4) is 0 Å². The van der Waals surface area contributed by atoms with Gasteiger partial charge in [0.25, 0.3) is 0 Å². The molecular weight excluding hydrogens is 502 g/mol. The Bertz CT molecular complexity index is 1580. The lowest BCUT2D eigenvalue weighted by molar-refractivity contribution is -0.146. The molecule has 0 spiro atoms. The van der Waals surface area contributed by atoms with Crippen LogP contribution >= 0.6 is 0 Å². The third-order valence-electron chi connectivity index (χ3n) is 8.61. The predicted octanol–water partition coefficient (Wildman–Crippen LogP) is 5.69. The summed E-state index contributed by atoms with van der Waals surface area (Å²) in [7, 11) is 3.63. The van der Waals surface area contributed by atoms with Gasteiger partial charge >= 0.3 is 5.97 Å². The number of carbonyl (C=O) groups excluding carboxylic acids is 2. The van der Waals surface area contributed by atoms with Crippen molar-refractivity contribution in [2.24, 2.45) is 0 Å². The number of H-pyrrole nitrogens is 1. The number of hydrogen-bond donors (Lipinski definition) is 2. The van der Waals surface area contributed by atoms with Crippen molar-refractivity contribution < 1.29 is 19.1 Å². The SMILES string of the molecule is C=C1CC[C@@H](OC(=O)C2=C(C)NC3=C(C(=O)C[C@H](c4ccccc4OC)C3)[C@@H]2c2cccc3[nH]ccc23)CN1C. The standard InChI is InChI=1S/C33H35N3O4/c1-19-12-13-22(18-36(19)3)40-33(38)30-20(2)35-27-16-21(23-8-5-6-11-29(23)39-4)17-28(37)32(27)31(30)25-9-7-10-26-24(25)14-15-34-26/h5-11,14-15,21-22,31,34-35H,1,12-13,16-18H2,2-4H3/t21-,22-,31-/m1/s1. The zero-order valence-electron chi connectivity index (χ0n) is 23.3. The number of para-hydroxylation sites is 1. The van der Waals surface area contributed by atoms with E-state index in [2.05, 4.69) is 16.9 Å². The maximum Gasteiger partial charge on any atom is 0.337 e. The second-order valence-corrected chi connectivity index (χ2v) is 11.1. The molecule has 0 bridgehead atoms. The van der Waals surface area contributed by atoms with Gasteiger partial charge in [-0.1, -0.05) is 36.9 Å². The molecule has 2 aliphatic heterocycles. The molecule has 7 heteroatoms. The molecule has 1 saturated heterocycles. The monoisotopic (exact) mass is 537 g/mol. The zero-order valence-corrected chi connectivity index (χ0v) is 23.3. The lowest BCUT2D eigenvalue weighted by Crippen LogP contribution is -2.39. The minimum absolute atomic E-state index is 0.0224. The largest absolute Gasteiger partial charge is 0.496 e. The van der Waals surface area contributed by atoms with Crippen LogP contribution in [0.15, 0.2) is 89.5 Å². The number of aromatic amines is 1. The highest BCUT2D eigenvalue weighted by molar-refractivity contribution is 6.05. The van der Waals surface area contributed by atoms with E-state index in [9.17, 15) is 9.59 Å². The van der Waals surface area contributed by atoms with Crippen molar-refractivity contribution in [3.05, 3.63) is 101 Å². The van der Waals surface area contributed by atoms with E-state index >= 15 is 0 Å². The molecule has 1 aromatic heterocycles. The van der Waals surface area contributed by atoms with Crippen LogP contribution in [0.5, 0.6) is 5.75 Å². The van der Waals surface area contributed by atoms with Gasteiger partial charge in [-0.25, -0.2) is 4.79 Å². The number of nitrogens with zero attached hydrogens (tertiary/aromatic N) is 1. The van der Waals surface area contributed by atoms with Gasteiger partial charge in [0.05, 0.1) is 19.2 Å². The van der Waals surface area contributed by atoms with Gasteiger partial charge in [-0.05, 0) is 55.5 Å². The topological polar surface area (TPSA) is 83.7 Å². The number of likely N-dealkylation sites (tertiary alicyclic amines) is 1. The molecular formula is C33H35N3O4. The smallest absolute Gasteiger partial charge is 0.337 e. The Labute approximate surface area is 234 Å². The number of methoxy groups -OCH3 is 1. The Kier molecular flexibility index (Phi) is 6.74. The molecule has 0 amide bonds. The van der Waals surface area contributed by atoms with E-state index in [0.717, 1.165) is 57.7 Å². The van der Waals surface area contributed by atoms with Crippen molar-refractivity contribution in [1.82, 2.24) is 15.2 Å². The van der Waals surface area contributed by atoms with E-state index < -0.39 is 5.92 Å². The quantitative estimate of drug-likeness (QED) is 0.407.